The van der Waals surface area contributed by atoms with Crippen molar-refractivity contribution in [3.05, 3.63) is 63.7 Å². The summed E-state index contributed by atoms with van der Waals surface area (Å²) in [7, 11) is 0. The third-order valence-corrected chi connectivity index (χ3v) is 4.34. The number of nitrogens with zero attached hydrogens (tertiary/aromatic N) is 2. The Bertz CT molecular complexity index is 883. The van der Waals surface area contributed by atoms with Crippen LogP contribution in [0.3, 0.4) is 0 Å². The highest BCUT2D eigenvalue weighted by Crippen LogP contribution is 2.30. The van der Waals surface area contributed by atoms with Crippen LogP contribution >= 0.6 is 0 Å². The lowest BCUT2D eigenvalue weighted by molar-refractivity contribution is -0.384. The fourth-order valence-corrected chi connectivity index (χ4v) is 2.82. The molecule has 29 heavy (non-hydrogen) atoms. The van der Waals surface area contributed by atoms with Crippen LogP contribution in [0.1, 0.15) is 50.7 Å². The van der Waals surface area contributed by atoms with Crippen molar-refractivity contribution < 1.29 is 14.4 Å². The van der Waals surface area contributed by atoms with Crippen LogP contribution in [0.25, 0.3) is 11.6 Å². The van der Waals surface area contributed by atoms with Crippen LogP contribution in [-0.4, -0.2) is 18.1 Å². The Balaban J connectivity index is 2.20. The van der Waals surface area contributed by atoms with Crippen molar-refractivity contribution in [2.24, 2.45) is 0 Å². The predicted octanol–water partition coefficient (Wildman–Crippen LogP) is 6.02. The lowest BCUT2D eigenvalue weighted by Crippen LogP contribution is -2.01. The molecular formula is C23H26N2O4. The first kappa shape index (κ1) is 22.0. The third-order valence-electron chi connectivity index (χ3n) is 4.34. The number of unbranched alkanes of at least 4 members (excludes halogenated alkanes) is 3. The maximum Gasteiger partial charge on any atom is 0.269 e. The Morgan fingerprint density at radius 1 is 1.07 bits per heavy atom. The van der Waals surface area contributed by atoms with Crippen molar-refractivity contribution in [1.29, 1.82) is 5.26 Å². The van der Waals surface area contributed by atoms with Gasteiger partial charge in [0.15, 0.2) is 11.5 Å². The lowest BCUT2D eigenvalue weighted by Gasteiger charge is -2.13. The van der Waals surface area contributed by atoms with Crippen LogP contribution < -0.4 is 9.47 Å². The molecule has 2 rings (SSSR count). The summed E-state index contributed by atoms with van der Waals surface area (Å²) >= 11 is 0. The van der Waals surface area contributed by atoms with Crippen LogP contribution in [-0.2, 0) is 0 Å². The first-order chi connectivity index (χ1) is 14.1. The molecule has 0 radical (unpaired) electrons. The summed E-state index contributed by atoms with van der Waals surface area (Å²) in [5.41, 5.74) is 1.81. The zero-order chi connectivity index (χ0) is 21.1. The SMILES string of the molecule is CCCCCCOc1ccc(/C=C(\C#N)c2ccc([N+](=O)[O-])cc2)cc1OCC. The van der Waals surface area contributed by atoms with Crippen LogP contribution in [0.4, 0.5) is 5.69 Å². The average molecular weight is 394 g/mol. The number of nitro benzene ring substituents is 1. The second-order valence-corrected chi connectivity index (χ2v) is 6.52. The Hall–Kier alpha value is -3.33. The molecule has 0 aromatic heterocycles. The monoisotopic (exact) mass is 394 g/mol. The van der Waals surface area contributed by atoms with Crippen LogP contribution in [0.15, 0.2) is 42.5 Å². The zero-order valence-corrected chi connectivity index (χ0v) is 16.9. The highest BCUT2D eigenvalue weighted by molar-refractivity contribution is 5.90. The van der Waals surface area contributed by atoms with Gasteiger partial charge in [0, 0.05) is 12.1 Å². The molecule has 0 bridgehead atoms. The highest BCUT2D eigenvalue weighted by Gasteiger charge is 2.09. The molecule has 2 aromatic rings. The van der Waals surface area contributed by atoms with E-state index in [1.165, 1.54) is 25.0 Å². The number of benzene rings is 2. The van der Waals surface area contributed by atoms with E-state index < -0.39 is 4.92 Å². The van der Waals surface area contributed by atoms with Gasteiger partial charge in [-0.15, -0.1) is 0 Å². The molecule has 2 aromatic carbocycles. The van der Waals surface area contributed by atoms with E-state index in [0.717, 1.165) is 18.4 Å². The van der Waals surface area contributed by atoms with Crippen molar-refractivity contribution in [2.45, 2.75) is 39.5 Å². The predicted molar refractivity (Wildman–Crippen MR) is 114 cm³/mol. The van der Waals surface area contributed by atoms with Gasteiger partial charge in [0.1, 0.15) is 0 Å². The molecular weight excluding hydrogens is 368 g/mol. The van der Waals surface area contributed by atoms with E-state index >= 15 is 0 Å². The van der Waals surface area contributed by atoms with E-state index in [4.69, 9.17) is 9.47 Å². The van der Waals surface area contributed by atoms with Crippen LogP contribution in [0.2, 0.25) is 0 Å². The molecule has 0 aliphatic rings. The van der Waals surface area contributed by atoms with Gasteiger partial charge in [-0.25, -0.2) is 0 Å². The summed E-state index contributed by atoms with van der Waals surface area (Å²) in [4.78, 5) is 10.3. The van der Waals surface area contributed by atoms with E-state index in [1.54, 1.807) is 18.2 Å². The molecule has 0 aliphatic carbocycles. The van der Waals surface area contributed by atoms with Gasteiger partial charge in [-0.3, -0.25) is 10.1 Å². The van der Waals surface area contributed by atoms with E-state index in [1.807, 2.05) is 25.1 Å². The van der Waals surface area contributed by atoms with Gasteiger partial charge >= 0.3 is 0 Å². The molecule has 152 valence electrons. The summed E-state index contributed by atoms with van der Waals surface area (Å²) in [5.74, 6) is 1.33. The molecule has 0 unspecified atom stereocenters. The molecule has 6 heteroatoms. The zero-order valence-electron chi connectivity index (χ0n) is 16.9. The Kier molecular flexibility index (Phi) is 8.71. The summed E-state index contributed by atoms with van der Waals surface area (Å²) in [6.45, 7) is 5.23. The van der Waals surface area contributed by atoms with Crippen molar-refractivity contribution in [3.8, 4) is 17.6 Å². The van der Waals surface area contributed by atoms with Crippen molar-refractivity contribution in [1.82, 2.24) is 0 Å². The molecule has 0 fully saturated rings. The second kappa shape index (κ2) is 11.5. The summed E-state index contributed by atoms with van der Waals surface area (Å²) in [6, 6.07) is 13.6. The molecule has 0 N–H and O–H groups in total. The van der Waals surface area contributed by atoms with Crippen molar-refractivity contribution in [3.63, 3.8) is 0 Å². The van der Waals surface area contributed by atoms with Gasteiger partial charge in [0.2, 0.25) is 0 Å². The topological polar surface area (TPSA) is 85.4 Å². The quantitative estimate of drug-likeness (QED) is 0.153. The Labute approximate surface area is 171 Å². The smallest absolute Gasteiger partial charge is 0.269 e. The number of hydrogen-bond acceptors (Lipinski definition) is 5. The van der Waals surface area contributed by atoms with E-state index in [-0.39, 0.29) is 5.69 Å². The minimum atomic E-state index is -0.463. The van der Waals surface area contributed by atoms with Crippen molar-refractivity contribution >= 4 is 17.3 Å². The molecule has 0 spiro atoms. The van der Waals surface area contributed by atoms with Gasteiger partial charge in [-0.2, -0.15) is 5.26 Å². The number of ether oxygens (including phenoxy) is 2. The number of nitro groups is 1. The van der Waals surface area contributed by atoms with E-state index in [2.05, 4.69) is 13.0 Å². The minimum Gasteiger partial charge on any atom is -0.490 e. The molecule has 0 heterocycles. The van der Waals surface area contributed by atoms with Crippen LogP contribution in [0, 0.1) is 21.4 Å². The molecule has 0 amide bonds. The summed E-state index contributed by atoms with van der Waals surface area (Å²) in [5, 5.41) is 20.3. The lowest BCUT2D eigenvalue weighted by atomic mass is 10.0. The number of rotatable bonds is 11. The standard InChI is InChI=1S/C23H26N2O4/c1-3-5-6-7-14-29-22-13-8-18(16-23(22)28-4-2)15-20(17-24)19-9-11-21(12-10-19)25(26)27/h8-13,15-16H,3-7,14H2,1-2H3/b20-15+. The fraction of sp³-hybridized carbons (Fsp3) is 0.348. The Morgan fingerprint density at radius 2 is 1.83 bits per heavy atom. The highest BCUT2D eigenvalue weighted by atomic mass is 16.6. The number of hydrogen-bond donors (Lipinski definition) is 0. The maximum atomic E-state index is 10.8. The Morgan fingerprint density at radius 3 is 2.45 bits per heavy atom. The first-order valence-electron chi connectivity index (χ1n) is 9.85. The van der Waals surface area contributed by atoms with Gasteiger partial charge in [-0.1, -0.05) is 32.3 Å². The third kappa shape index (κ3) is 6.65. The summed E-state index contributed by atoms with van der Waals surface area (Å²) < 4.78 is 11.6. The molecule has 0 saturated carbocycles. The second-order valence-electron chi connectivity index (χ2n) is 6.52. The van der Waals surface area contributed by atoms with Gasteiger partial charge in [0.05, 0.1) is 29.8 Å². The summed E-state index contributed by atoms with van der Waals surface area (Å²) in [6.07, 6.45) is 6.25. The van der Waals surface area contributed by atoms with Gasteiger partial charge < -0.3 is 9.47 Å². The van der Waals surface area contributed by atoms with Gasteiger partial charge in [0.25, 0.3) is 5.69 Å². The van der Waals surface area contributed by atoms with E-state index in [0.29, 0.717) is 35.8 Å². The van der Waals surface area contributed by atoms with Gasteiger partial charge in [-0.05, 0) is 54.8 Å². The average Bonchev–Trinajstić information content (AvgIpc) is 2.73. The molecule has 6 nitrogen and oxygen atoms in total. The molecule has 0 saturated heterocycles. The molecule has 0 aliphatic heterocycles. The largest absolute Gasteiger partial charge is 0.490 e. The number of nitriles is 1. The molecule has 0 atom stereocenters. The first-order valence-corrected chi connectivity index (χ1v) is 9.85. The fourth-order valence-electron chi connectivity index (χ4n) is 2.82. The normalized spacial score (nSPS) is 11.0. The minimum absolute atomic E-state index is 0.00916. The van der Waals surface area contributed by atoms with Crippen molar-refractivity contribution in [2.75, 3.05) is 13.2 Å². The number of allylic oxidation sites excluding steroid dienone is 1. The van der Waals surface area contributed by atoms with E-state index in [9.17, 15) is 15.4 Å². The van der Waals surface area contributed by atoms with Crippen LogP contribution in [0.5, 0.6) is 11.5 Å². The maximum absolute atomic E-state index is 10.8. The number of non-ortho nitro benzene ring substituents is 1.